The fraction of sp³-hybridized carbons (Fsp3) is 0.125. The van der Waals surface area contributed by atoms with Gasteiger partial charge in [-0.25, -0.2) is 8.42 Å². The Morgan fingerprint density at radius 1 is 1.33 bits per heavy atom. The molecule has 1 radical (unpaired) electrons. The smallest absolute Gasteiger partial charge is 0.203 e. The molecular weight excluding hydrogens is 176 g/mol. The summed E-state index contributed by atoms with van der Waals surface area (Å²) in [4.78, 5) is 10.2. The number of thiol groups is 1. The zero-order valence-corrected chi connectivity index (χ0v) is 7.08. The lowest BCUT2D eigenvalue weighted by atomic mass is 10.2. The number of hydrogen-bond donors (Lipinski definition) is 1. The largest absolute Gasteiger partial charge is 0.291 e. The minimum Gasteiger partial charge on any atom is -0.291 e. The summed E-state index contributed by atoms with van der Waals surface area (Å²) in [6, 6.07) is 6.25. The average Bonchev–Trinajstić information content (AvgIpc) is 2.05. The lowest BCUT2D eigenvalue weighted by Crippen LogP contribution is -1.87. The second-order valence-electron chi connectivity index (χ2n) is 2.25. The monoisotopic (exact) mass is 183 g/mol. The van der Waals surface area contributed by atoms with Crippen LogP contribution in [0.15, 0.2) is 29.2 Å². The maximum atomic E-state index is 10.5. The van der Waals surface area contributed by atoms with E-state index < -0.39 is 10.7 Å². The Labute approximate surface area is 72.0 Å². The molecule has 1 rings (SSSR count). The van der Waals surface area contributed by atoms with Gasteiger partial charge in [0, 0.05) is 6.42 Å². The Morgan fingerprint density at radius 3 is 2.67 bits per heavy atom. The highest BCUT2D eigenvalue weighted by atomic mass is 32.2. The van der Waals surface area contributed by atoms with Gasteiger partial charge in [-0.05, 0) is 17.7 Å². The Balaban J connectivity index is 3.03. The van der Waals surface area contributed by atoms with Crippen molar-refractivity contribution in [2.24, 2.45) is 0 Å². The van der Waals surface area contributed by atoms with E-state index in [2.05, 4.69) is 0 Å². The van der Waals surface area contributed by atoms with Crippen LogP contribution in [0.25, 0.3) is 0 Å². The van der Waals surface area contributed by atoms with Crippen molar-refractivity contribution in [3.8, 4) is 0 Å². The predicted molar refractivity (Wildman–Crippen MR) is 44.4 cm³/mol. The molecule has 0 aliphatic carbocycles. The molecule has 0 heterocycles. The SMILES string of the molecule is O=[C]Cc1cccc([SH](=O)=O)c1. The fourth-order valence-electron chi connectivity index (χ4n) is 0.863. The third kappa shape index (κ3) is 2.17. The zero-order valence-electron chi connectivity index (χ0n) is 6.19. The quantitative estimate of drug-likeness (QED) is 0.686. The van der Waals surface area contributed by atoms with Gasteiger partial charge in [-0.15, -0.1) is 0 Å². The van der Waals surface area contributed by atoms with E-state index in [0.29, 0.717) is 5.56 Å². The lowest BCUT2D eigenvalue weighted by molar-refractivity contribution is 0.555. The van der Waals surface area contributed by atoms with Gasteiger partial charge in [0.1, 0.15) is 0 Å². The van der Waals surface area contributed by atoms with E-state index in [-0.39, 0.29) is 11.3 Å². The van der Waals surface area contributed by atoms with Crippen molar-refractivity contribution >= 4 is 17.0 Å². The molecule has 3 nitrogen and oxygen atoms in total. The first kappa shape index (κ1) is 8.93. The predicted octanol–water partition coefficient (Wildman–Crippen LogP) is 0.309. The van der Waals surface area contributed by atoms with Crippen molar-refractivity contribution in [2.75, 3.05) is 0 Å². The van der Waals surface area contributed by atoms with Crippen LogP contribution in [0.2, 0.25) is 0 Å². The van der Waals surface area contributed by atoms with Gasteiger partial charge in [0.05, 0.1) is 4.90 Å². The van der Waals surface area contributed by atoms with Crippen LogP contribution in [0.5, 0.6) is 0 Å². The summed E-state index contributed by atoms with van der Waals surface area (Å²) in [6.45, 7) is 0. The van der Waals surface area contributed by atoms with Crippen LogP contribution in [0.1, 0.15) is 5.56 Å². The highest BCUT2D eigenvalue weighted by Gasteiger charge is 1.96. The molecule has 0 bridgehead atoms. The van der Waals surface area contributed by atoms with Crippen molar-refractivity contribution < 1.29 is 13.2 Å². The van der Waals surface area contributed by atoms with E-state index in [4.69, 9.17) is 0 Å². The zero-order chi connectivity index (χ0) is 8.97. The van der Waals surface area contributed by atoms with Crippen LogP contribution >= 0.6 is 0 Å². The standard InChI is InChI=1S/C8H7O3S/c9-5-4-7-2-1-3-8(6-7)12(10)11/h1-3,6,12H,4H2. The molecular formula is C8H7O3S. The van der Waals surface area contributed by atoms with Crippen LogP contribution in [-0.2, 0) is 21.9 Å². The third-order valence-corrected chi connectivity index (χ3v) is 2.10. The third-order valence-electron chi connectivity index (χ3n) is 1.40. The molecule has 0 aliphatic heterocycles. The van der Waals surface area contributed by atoms with Crippen molar-refractivity contribution in [1.82, 2.24) is 0 Å². The minimum absolute atomic E-state index is 0.136. The van der Waals surface area contributed by atoms with Crippen LogP contribution in [0.3, 0.4) is 0 Å². The maximum absolute atomic E-state index is 10.5. The Morgan fingerprint density at radius 2 is 2.08 bits per heavy atom. The van der Waals surface area contributed by atoms with Crippen LogP contribution < -0.4 is 0 Å². The first-order valence-electron chi connectivity index (χ1n) is 3.32. The van der Waals surface area contributed by atoms with E-state index >= 15 is 0 Å². The van der Waals surface area contributed by atoms with Gasteiger partial charge in [-0.3, -0.25) is 4.79 Å². The Bertz CT molecular complexity index is 347. The summed E-state index contributed by atoms with van der Waals surface area (Å²) in [5.41, 5.74) is 0.668. The molecule has 0 saturated heterocycles. The second-order valence-corrected chi connectivity index (χ2v) is 3.28. The summed E-state index contributed by atoms with van der Waals surface area (Å²) in [5.74, 6) is 0. The van der Waals surface area contributed by atoms with Gasteiger partial charge in [0.25, 0.3) is 0 Å². The second kappa shape index (κ2) is 4.01. The van der Waals surface area contributed by atoms with Gasteiger partial charge in [0.2, 0.25) is 6.29 Å². The molecule has 1 aromatic rings. The number of benzene rings is 1. The molecule has 0 atom stereocenters. The topological polar surface area (TPSA) is 51.2 Å². The van der Waals surface area contributed by atoms with E-state index in [1.54, 1.807) is 18.4 Å². The van der Waals surface area contributed by atoms with E-state index in [0.717, 1.165) is 0 Å². The van der Waals surface area contributed by atoms with Crippen LogP contribution in [-0.4, -0.2) is 14.7 Å². The number of rotatable bonds is 3. The minimum atomic E-state index is -2.55. The molecule has 0 unspecified atom stereocenters. The molecule has 0 fully saturated rings. The van der Waals surface area contributed by atoms with Crippen molar-refractivity contribution in [3.63, 3.8) is 0 Å². The molecule has 0 aliphatic rings. The molecule has 0 spiro atoms. The Kier molecular flexibility index (Phi) is 2.99. The Hall–Kier alpha value is -1.16. The molecule has 12 heavy (non-hydrogen) atoms. The molecule has 1 aromatic carbocycles. The van der Waals surface area contributed by atoms with Gasteiger partial charge in [-0.1, -0.05) is 12.1 Å². The van der Waals surface area contributed by atoms with Crippen molar-refractivity contribution in [2.45, 2.75) is 11.3 Å². The normalized spacial score (nSPS) is 10.1. The summed E-state index contributed by atoms with van der Waals surface area (Å²) in [5, 5.41) is 0. The van der Waals surface area contributed by atoms with Gasteiger partial charge >= 0.3 is 0 Å². The highest BCUT2D eigenvalue weighted by molar-refractivity contribution is 7.72. The van der Waals surface area contributed by atoms with Crippen molar-refractivity contribution in [1.29, 1.82) is 0 Å². The first-order valence-corrected chi connectivity index (χ1v) is 4.50. The van der Waals surface area contributed by atoms with Crippen LogP contribution in [0.4, 0.5) is 0 Å². The molecule has 0 aromatic heterocycles. The lowest BCUT2D eigenvalue weighted by Gasteiger charge is -1.94. The number of carbonyl (C=O) groups excluding carboxylic acids is 1. The van der Waals surface area contributed by atoms with Gasteiger partial charge in [-0.2, -0.15) is 0 Å². The first-order chi connectivity index (χ1) is 5.74. The summed E-state index contributed by atoms with van der Waals surface area (Å²) < 4.78 is 21.0. The molecule has 0 amide bonds. The molecule has 4 heteroatoms. The fourth-order valence-corrected chi connectivity index (χ4v) is 1.34. The van der Waals surface area contributed by atoms with Crippen LogP contribution in [0, 0.1) is 0 Å². The number of hydrogen-bond acceptors (Lipinski definition) is 3. The summed E-state index contributed by atoms with van der Waals surface area (Å²) >= 11 is 0. The molecule has 63 valence electrons. The molecule has 0 saturated carbocycles. The molecule has 0 N–H and O–H groups in total. The van der Waals surface area contributed by atoms with Crippen molar-refractivity contribution in [3.05, 3.63) is 29.8 Å². The summed E-state index contributed by atoms with van der Waals surface area (Å²) in [7, 11) is -2.55. The maximum Gasteiger partial charge on any atom is 0.203 e. The van der Waals surface area contributed by atoms with E-state index in [9.17, 15) is 13.2 Å². The van der Waals surface area contributed by atoms with Gasteiger partial charge in [0.15, 0.2) is 10.7 Å². The average molecular weight is 183 g/mol. The van der Waals surface area contributed by atoms with Gasteiger partial charge < -0.3 is 0 Å². The summed E-state index contributed by atoms with van der Waals surface area (Å²) in [6.07, 6.45) is 1.84. The van der Waals surface area contributed by atoms with E-state index in [1.165, 1.54) is 12.1 Å². The highest BCUT2D eigenvalue weighted by Crippen LogP contribution is 2.05. The van der Waals surface area contributed by atoms with E-state index in [1.807, 2.05) is 0 Å².